The first kappa shape index (κ1) is 18.6. The number of anilines is 1. The molecule has 0 radical (unpaired) electrons. The van der Waals surface area contributed by atoms with E-state index in [-0.39, 0.29) is 0 Å². The third-order valence-corrected chi connectivity index (χ3v) is 6.84. The topological polar surface area (TPSA) is 46.0 Å². The van der Waals surface area contributed by atoms with Crippen molar-refractivity contribution in [3.63, 3.8) is 0 Å². The standard InChI is InChI=1S/C26H27N5/c1-17-3-5-19(6-4-17)26-29-24-8-7-22(30-15-20-13-27-14-21(20)16-30)12-25(24)31(26)23-9-10-28-18(2)11-23/h3-12,20-21,27H,13-16H2,1-2H3. The van der Waals surface area contributed by atoms with E-state index in [9.17, 15) is 0 Å². The summed E-state index contributed by atoms with van der Waals surface area (Å²) in [5.74, 6) is 2.51. The maximum absolute atomic E-state index is 5.06. The normalized spacial score (nSPS) is 20.5. The van der Waals surface area contributed by atoms with Crippen LogP contribution in [-0.4, -0.2) is 40.7 Å². The van der Waals surface area contributed by atoms with Gasteiger partial charge in [0, 0.05) is 49.3 Å². The van der Waals surface area contributed by atoms with Gasteiger partial charge in [-0.1, -0.05) is 29.8 Å². The molecule has 1 N–H and O–H groups in total. The van der Waals surface area contributed by atoms with Crippen molar-refractivity contribution >= 4 is 16.7 Å². The first-order valence-electron chi connectivity index (χ1n) is 11.1. The molecule has 2 aliphatic heterocycles. The Kier molecular flexibility index (Phi) is 4.32. The molecule has 2 unspecified atom stereocenters. The van der Waals surface area contributed by atoms with Crippen molar-refractivity contribution < 1.29 is 0 Å². The predicted octanol–water partition coefficient (Wildman–Crippen LogP) is 4.36. The van der Waals surface area contributed by atoms with Gasteiger partial charge >= 0.3 is 0 Å². The lowest BCUT2D eigenvalue weighted by Crippen LogP contribution is -2.25. The Labute approximate surface area is 182 Å². The highest BCUT2D eigenvalue weighted by Gasteiger charge is 2.36. The number of aromatic nitrogens is 3. The minimum atomic E-state index is 0.770. The van der Waals surface area contributed by atoms with Crippen LogP contribution in [0.1, 0.15) is 11.3 Å². The second kappa shape index (κ2) is 7.20. The fourth-order valence-electron chi connectivity index (χ4n) is 5.15. The number of pyridine rings is 1. The molecule has 2 aliphatic rings. The first-order valence-corrected chi connectivity index (χ1v) is 11.1. The maximum Gasteiger partial charge on any atom is 0.145 e. The van der Waals surface area contributed by atoms with Gasteiger partial charge < -0.3 is 10.2 Å². The summed E-state index contributed by atoms with van der Waals surface area (Å²) in [6, 6.07) is 19.6. The van der Waals surface area contributed by atoms with Crippen LogP contribution in [0.15, 0.2) is 60.8 Å². The molecule has 4 aromatic rings. The van der Waals surface area contributed by atoms with E-state index in [2.05, 4.69) is 81.3 Å². The monoisotopic (exact) mass is 409 g/mol. The van der Waals surface area contributed by atoms with E-state index in [0.29, 0.717) is 0 Å². The lowest BCUT2D eigenvalue weighted by atomic mass is 10.0. The summed E-state index contributed by atoms with van der Waals surface area (Å²) in [4.78, 5) is 12.0. The van der Waals surface area contributed by atoms with E-state index in [1.54, 1.807) is 0 Å². The van der Waals surface area contributed by atoms with Crippen molar-refractivity contribution in [1.82, 2.24) is 19.9 Å². The summed E-state index contributed by atoms with van der Waals surface area (Å²) >= 11 is 0. The highest BCUT2D eigenvalue weighted by atomic mass is 15.2. The number of fused-ring (bicyclic) bond motifs is 2. The van der Waals surface area contributed by atoms with Gasteiger partial charge in [-0.25, -0.2) is 4.98 Å². The molecule has 5 nitrogen and oxygen atoms in total. The predicted molar refractivity (Wildman–Crippen MR) is 126 cm³/mol. The van der Waals surface area contributed by atoms with E-state index in [1.807, 2.05) is 13.1 Å². The summed E-state index contributed by atoms with van der Waals surface area (Å²) in [7, 11) is 0. The molecule has 6 rings (SSSR count). The molecule has 2 aromatic carbocycles. The molecular weight excluding hydrogens is 382 g/mol. The number of nitrogens with one attached hydrogen (secondary N) is 1. The van der Waals surface area contributed by atoms with Crippen molar-refractivity contribution in [2.45, 2.75) is 13.8 Å². The smallest absolute Gasteiger partial charge is 0.145 e. The van der Waals surface area contributed by atoms with Gasteiger partial charge in [-0.15, -0.1) is 0 Å². The Hall–Kier alpha value is -3.18. The van der Waals surface area contributed by atoms with Crippen LogP contribution < -0.4 is 10.2 Å². The molecule has 2 saturated heterocycles. The zero-order valence-corrected chi connectivity index (χ0v) is 18.0. The lowest BCUT2D eigenvalue weighted by molar-refractivity contribution is 0.533. The van der Waals surface area contributed by atoms with Crippen LogP contribution in [0.4, 0.5) is 5.69 Å². The minimum Gasteiger partial charge on any atom is -0.371 e. The van der Waals surface area contributed by atoms with Crippen LogP contribution in [0, 0.1) is 25.7 Å². The zero-order valence-electron chi connectivity index (χ0n) is 18.0. The number of benzene rings is 2. The molecule has 31 heavy (non-hydrogen) atoms. The van der Waals surface area contributed by atoms with Crippen molar-refractivity contribution in [1.29, 1.82) is 0 Å². The number of hydrogen-bond donors (Lipinski definition) is 1. The maximum atomic E-state index is 5.06. The van der Waals surface area contributed by atoms with Crippen LogP contribution in [0.3, 0.4) is 0 Å². The number of aryl methyl sites for hydroxylation is 2. The lowest BCUT2D eigenvalue weighted by Gasteiger charge is -2.20. The van der Waals surface area contributed by atoms with Gasteiger partial charge in [0.15, 0.2) is 0 Å². The van der Waals surface area contributed by atoms with Gasteiger partial charge in [0.25, 0.3) is 0 Å². The summed E-state index contributed by atoms with van der Waals surface area (Å²) in [5, 5.41) is 3.54. The average Bonchev–Trinajstić information content (AvgIpc) is 3.47. The van der Waals surface area contributed by atoms with E-state index in [4.69, 9.17) is 4.98 Å². The fourth-order valence-corrected chi connectivity index (χ4v) is 5.15. The molecule has 0 bridgehead atoms. The van der Waals surface area contributed by atoms with Crippen molar-refractivity contribution in [3.05, 3.63) is 72.1 Å². The van der Waals surface area contributed by atoms with Crippen LogP contribution in [0.2, 0.25) is 0 Å². The third kappa shape index (κ3) is 3.20. The summed E-state index contributed by atoms with van der Waals surface area (Å²) < 4.78 is 2.29. The van der Waals surface area contributed by atoms with Gasteiger partial charge in [0.2, 0.25) is 0 Å². The summed E-state index contributed by atoms with van der Waals surface area (Å²) in [6.07, 6.45) is 1.88. The summed E-state index contributed by atoms with van der Waals surface area (Å²) in [5.41, 5.74) is 7.95. The molecular formula is C26H27N5. The van der Waals surface area contributed by atoms with Gasteiger partial charge in [0.1, 0.15) is 5.82 Å². The van der Waals surface area contributed by atoms with Crippen molar-refractivity contribution in [2.24, 2.45) is 11.8 Å². The number of imidazole rings is 1. The zero-order chi connectivity index (χ0) is 20.9. The van der Waals surface area contributed by atoms with Crippen LogP contribution in [0.25, 0.3) is 28.1 Å². The fraction of sp³-hybridized carbons (Fsp3) is 0.308. The Bertz CT molecular complexity index is 1240. The molecule has 156 valence electrons. The molecule has 0 amide bonds. The first-order chi connectivity index (χ1) is 15.2. The number of rotatable bonds is 3. The highest BCUT2D eigenvalue weighted by molar-refractivity contribution is 5.86. The molecule has 2 aromatic heterocycles. The molecule has 2 fully saturated rings. The Morgan fingerprint density at radius 1 is 0.871 bits per heavy atom. The minimum absolute atomic E-state index is 0.770. The van der Waals surface area contributed by atoms with Crippen molar-refractivity contribution in [2.75, 3.05) is 31.1 Å². The largest absolute Gasteiger partial charge is 0.371 e. The Balaban J connectivity index is 1.51. The molecule has 5 heteroatoms. The highest BCUT2D eigenvalue weighted by Crippen LogP contribution is 2.35. The van der Waals surface area contributed by atoms with E-state index in [1.165, 1.54) is 11.3 Å². The summed E-state index contributed by atoms with van der Waals surface area (Å²) in [6.45, 7) is 8.72. The second-order valence-corrected chi connectivity index (χ2v) is 9.05. The Morgan fingerprint density at radius 2 is 1.65 bits per heavy atom. The van der Waals surface area contributed by atoms with Gasteiger partial charge in [-0.05, 0) is 56.0 Å². The average molecular weight is 410 g/mol. The molecule has 0 saturated carbocycles. The van der Waals surface area contributed by atoms with E-state index < -0.39 is 0 Å². The number of hydrogen-bond acceptors (Lipinski definition) is 4. The molecule has 4 heterocycles. The second-order valence-electron chi connectivity index (χ2n) is 9.05. The molecule has 2 atom stereocenters. The van der Waals surface area contributed by atoms with Gasteiger partial charge in [0.05, 0.1) is 16.7 Å². The molecule has 0 aliphatic carbocycles. The third-order valence-electron chi connectivity index (χ3n) is 6.84. The van der Waals surface area contributed by atoms with Crippen molar-refractivity contribution in [3.8, 4) is 17.1 Å². The van der Waals surface area contributed by atoms with Crippen LogP contribution >= 0.6 is 0 Å². The quantitative estimate of drug-likeness (QED) is 0.546. The number of nitrogens with zero attached hydrogens (tertiary/aromatic N) is 4. The Morgan fingerprint density at radius 3 is 2.39 bits per heavy atom. The van der Waals surface area contributed by atoms with E-state index >= 15 is 0 Å². The van der Waals surface area contributed by atoms with E-state index in [0.717, 1.165) is 71.8 Å². The SMILES string of the molecule is Cc1ccc(-c2nc3ccc(N4CC5CNCC5C4)cc3n2-c2ccnc(C)c2)cc1. The molecule has 0 spiro atoms. The van der Waals surface area contributed by atoms with Gasteiger partial charge in [-0.3, -0.25) is 9.55 Å². The van der Waals surface area contributed by atoms with Crippen LogP contribution in [0.5, 0.6) is 0 Å². The van der Waals surface area contributed by atoms with Crippen LogP contribution in [-0.2, 0) is 0 Å². The van der Waals surface area contributed by atoms with Gasteiger partial charge in [-0.2, -0.15) is 0 Å².